The lowest BCUT2D eigenvalue weighted by Crippen LogP contribution is -2.15. The molecule has 2 aromatic carbocycles. The van der Waals surface area contributed by atoms with Crippen LogP contribution in [0.3, 0.4) is 0 Å². The third kappa shape index (κ3) is 3.24. The van der Waals surface area contributed by atoms with E-state index in [1.807, 2.05) is 42.5 Å². The van der Waals surface area contributed by atoms with Gasteiger partial charge in [0.25, 0.3) is 0 Å². The molecule has 2 aromatic rings. The van der Waals surface area contributed by atoms with Crippen LogP contribution in [0.5, 0.6) is 0 Å². The molecule has 4 nitrogen and oxygen atoms in total. The lowest BCUT2D eigenvalue weighted by Gasteiger charge is -2.13. The number of aliphatic hydroxyl groups is 2. The van der Waals surface area contributed by atoms with Crippen molar-refractivity contribution in [3.8, 4) is 11.1 Å². The summed E-state index contributed by atoms with van der Waals surface area (Å²) in [6.45, 7) is -0.268. The second kappa shape index (κ2) is 5.73. The number of nitrogen functional groups attached to an aromatic ring is 2. The summed E-state index contributed by atoms with van der Waals surface area (Å²) in [6.07, 6.45) is -0.421. The summed E-state index contributed by atoms with van der Waals surface area (Å²) in [4.78, 5) is 0. The zero-order valence-corrected chi connectivity index (χ0v) is 10.6. The van der Waals surface area contributed by atoms with E-state index < -0.39 is 6.10 Å². The Kier molecular flexibility index (Phi) is 4.04. The molecule has 0 heterocycles. The molecule has 0 spiro atoms. The molecule has 1 atom stereocenters. The molecular weight excluding hydrogens is 240 g/mol. The van der Waals surface area contributed by atoms with E-state index in [2.05, 4.69) is 0 Å². The van der Waals surface area contributed by atoms with E-state index in [4.69, 9.17) is 16.6 Å². The quantitative estimate of drug-likeness (QED) is 0.624. The lowest BCUT2D eigenvalue weighted by molar-refractivity contribution is 0.0956. The standard InChI is InChI=1S/C15H18N2O2/c16-12-3-1-10(2-4-12)15-6-5-13(17)7-11(15)8-14(19)9-18/h1-7,14,18-19H,8-9,16-17H2. The van der Waals surface area contributed by atoms with Gasteiger partial charge >= 0.3 is 0 Å². The molecule has 0 saturated carbocycles. The number of hydrogen-bond acceptors (Lipinski definition) is 4. The molecule has 100 valence electrons. The van der Waals surface area contributed by atoms with Crippen LogP contribution in [-0.4, -0.2) is 22.9 Å². The number of aliphatic hydroxyl groups excluding tert-OH is 2. The minimum atomic E-state index is -0.783. The van der Waals surface area contributed by atoms with Crippen LogP contribution in [0.2, 0.25) is 0 Å². The number of rotatable bonds is 4. The van der Waals surface area contributed by atoms with E-state index in [-0.39, 0.29) is 6.61 Å². The van der Waals surface area contributed by atoms with Gasteiger partial charge in [-0.2, -0.15) is 0 Å². The van der Waals surface area contributed by atoms with Crippen molar-refractivity contribution in [3.05, 3.63) is 48.0 Å². The van der Waals surface area contributed by atoms with Crippen LogP contribution >= 0.6 is 0 Å². The van der Waals surface area contributed by atoms with Crippen LogP contribution in [0, 0.1) is 0 Å². The van der Waals surface area contributed by atoms with E-state index in [0.29, 0.717) is 17.8 Å². The van der Waals surface area contributed by atoms with Crippen molar-refractivity contribution in [3.63, 3.8) is 0 Å². The van der Waals surface area contributed by atoms with E-state index in [0.717, 1.165) is 16.7 Å². The highest BCUT2D eigenvalue weighted by Gasteiger charge is 2.10. The molecule has 0 amide bonds. The Morgan fingerprint density at radius 1 is 0.947 bits per heavy atom. The molecular formula is C15H18N2O2. The third-order valence-electron chi connectivity index (χ3n) is 3.02. The predicted octanol–water partition coefficient (Wildman–Crippen LogP) is 1.41. The van der Waals surface area contributed by atoms with Crippen molar-refractivity contribution < 1.29 is 10.2 Å². The maximum Gasteiger partial charge on any atom is 0.0811 e. The topological polar surface area (TPSA) is 92.5 Å². The Balaban J connectivity index is 2.41. The fraction of sp³-hybridized carbons (Fsp3) is 0.200. The van der Waals surface area contributed by atoms with Crippen LogP contribution in [0.4, 0.5) is 11.4 Å². The number of nitrogens with two attached hydrogens (primary N) is 2. The molecule has 2 rings (SSSR count). The molecule has 0 fully saturated rings. The van der Waals surface area contributed by atoms with Gasteiger partial charge in [0.05, 0.1) is 12.7 Å². The number of hydrogen-bond donors (Lipinski definition) is 4. The van der Waals surface area contributed by atoms with Gasteiger partial charge in [0.2, 0.25) is 0 Å². The highest BCUT2D eigenvalue weighted by molar-refractivity contribution is 5.71. The summed E-state index contributed by atoms with van der Waals surface area (Å²) in [5.41, 5.74) is 15.7. The average Bonchev–Trinajstić information content (AvgIpc) is 2.40. The third-order valence-corrected chi connectivity index (χ3v) is 3.02. The SMILES string of the molecule is Nc1ccc(-c2ccc(N)cc2CC(O)CO)cc1. The Hall–Kier alpha value is -2.04. The second-order valence-corrected chi connectivity index (χ2v) is 4.58. The van der Waals surface area contributed by atoms with Crippen molar-refractivity contribution in [2.75, 3.05) is 18.1 Å². The largest absolute Gasteiger partial charge is 0.399 e. The van der Waals surface area contributed by atoms with E-state index >= 15 is 0 Å². The zero-order chi connectivity index (χ0) is 13.8. The molecule has 1 unspecified atom stereocenters. The van der Waals surface area contributed by atoms with Crippen molar-refractivity contribution in [1.82, 2.24) is 0 Å². The highest BCUT2D eigenvalue weighted by Crippen LogP contribution is 2.27. The van der Waals surface area contributed by atoms with Gasteiger partial charge in [0.1, 0.15) is 0 Å². The maximum atomic E-state index is 9.61. The number of benzene rings is 2. The minimum absolute atomic E-state index is 0.268. The molecule has 0 aliphatic heterocycles. The van der Waals surface area contributed by atoms with Gasteiger partial charge in [-0.3, -0.25) is 0 Å². The first-order valence-electron chi connectivity index (χ1n) is 6.13. The molecule has 4 heteroatoms. The molecule has 6 N–H and O–H groups in total. The van der Waals surface area contributed by atoms with Gasteiger partial charge in [-0.25, -0.2) is 0 Å². The van der Waals surface area contributed by atoms with Crippen LogP contribution in [0.15, 0.2) is 42.5 Å². The second-order valence-electron chi connectivity index (χ2n) is 4.58. The molecule has 19 heavy (non-hydrogen) atoms. The smallest absolute Gasteiger partial charge is 0.0811 e. The minimum Gasteiger partial charge on any atom is -0.399 e. The molecule has 0 bridgehead atoms. The van der Waals surface area contributed by atoms with Crippen LogP contribution in [0.25, 0.3) is 11.1 Å². The molecule has 0 aromatic heterocycles. The van der Waals surface area contributed by atoms with Crippen LogP contribution in [-0.2, 0) is 6.42 Å². The monoisotopic (exact) mass is 258 g/mol. The first-order chi connectivity index (χ1) is 9.10. The lowest BCUT2D eigenvalue weighted by atomic mass is 9.95. The summed E-state index contributed by atoms with van der Waals surface area (Å²) in [5, 5.41) is 18.6. The van der Waals surface area contributed by atoms with E-state index in [1.54, 1.807) is 0 Å². The first-order valence-corrected chi connectivity index (χ1v) is 6.13. The molecule has 0 aliphatic rings. The molecule has 0 saturated heterocycles. The van der Waals surface area contributed by atoms with Crippen molar-refractivity contribution in [2.45, 2.75) is 12.5 Å². The molecule has 0 aliphatic carbocycles. The van der Waals surface area contributed by atoms with Gasteiger partial charge < -0.3 is 21.7 Å². The Bertz CT molecular complexity index is 553. The van der Waals surface area contributed by atoms with Gasteiger partial charge in [-0.05, 0) is 41.0 Å². The van der Waals surface area contributed by atoms with E-state index in [9.17, 15) is 5.11 Å². The van der Waals surface area contributed by atoms with Crippen molar-refractivity contribution in [2.24, 2.45) is 0 Å². The van der Waals surface area contributed by atoms with E-state index in [1.165, 1.54) is 0 Å². The molecule has 0 radical (unpaired) electrons. The highest BCUT2D eigenvalue weighted by atomic mass is 16.3. The van der Waals surface area contributed by atoms with Crippen LogP contribution < -0.4 is 11.5 Å². The summed E-state index contributed by atoms with van der Waals surface area (Å²) in [5.74, 6) is 0. The Labute approximate surface area is 112 Å². The summed E-state index contributed by atoms with van der Waals surface area (Å²) in [7, 11) is 0. The Morgan fingerprint density at radius 2 is 1.58 bits per heavy atom. The average molecular weight is 258 g/mol. The van der Waals surface area contributed by atoms with Crippen molar-refractivity contribution >= 4 is 11.4 Å². The predicted molar refractivity (Wildman–Crippen MR) is 77.5 cm³/mol. The zero-order valence-electron chi connectivity index (χ0n) is 10.6. The van der Waals surface area contributed by atoms with Crippen LogP contribution in [0.1, 0.15) is 5.56 Å². The fourth-order valence-electron chi connectivity index (χ4n) is 2.05. The summed E-state index contributed by atoms with van der Waals surface area (Å²) >= 11 is 0. The normalized spacial score (nSPS) is 12.3. The van der Waals surface area contributed by atoms with Gasteiger partial charge in [-0.15, -0.1) is 0 Å². The number of anilines is 2. The fourth-order valence-corrected chi connectivity index (χ4v) is 2.05. The van der Waals surface area contributed by atoms with Crippen molar-refractivity contribution in [1.29, 1.82) is 0 Å². The summed E-state index contributed by atoms with van der Waals surface area (Å²) < 4.78 is 0. The summed E-state index contributed by atoms with van der Waals surface area (Å²) in [6, 6.07) is 13.1. The van der Waals surface area contributed by atoms with Gasteiger partial charge in [0.15, 0.2) is 0 Å². The van der Waals surface area contributed by atoms with Gasteiger partial charge in [-0.1, -0.05) is 18.2 Å². The first kappa shape index (κ1) is 13.4. The van der Waals surface area contributed by atoms with Gasteiger partial charge in [0, 0.05) is 17.8 Å². The maximum absolute atomic E-state index is 9.61. The Morgan fingerprint density at radius 3 is 2.21 bits per heavy atom.